The Hall–Kier alpha value is -2.25. The van der Waals surface area contributed by atoms with Crippen molar-refractivity contribution in [1.82, 2.24) is 14.9 Å². The van der Waals surface area contributed by atoms with Crippen LogP contribution in [0.2, 0.25) is 0 Å². The van der Waals surface area contributed by atoms with Crippen LogP contribution in [0.5, 0.6) is 0 Å². The second-order valence-corrected chi connectivity index (χ2v) is 8.91. The number of benzene rings is 1. The molecule has 7 heteroatoms. The molecule has 3 atom stereocenters. The standard InChI is InChI=1S/C21H25N3O4/c1-20(2)12-17(25)24(23(20)13-14-7-4-3-5-8-14)18(26)15-11-16-19(27)22-10-6-9-21(15,22)28-16/h3-5,7-8,15-16H,6,9-13H2,1-2H3/t15-,16-,21+/m0/s1. The van der Waals surface area contributed by atoms with Gasteiger partial charge >= 0.3 is 0 Å². The summed E-state index contributed by atoms with van der Waals surface area (Å²) in [4.78, 5) is 40.7. The van der Waals surface area contributed by atoms with Gasteiger partial charge in [0.1, 0.15) is 6.10 Å². The van der Waals surface area contributed by atoms with E-state index in [4.69, 9.17) is 4.74 Å². The van der Waals surface area contributed by atoms with Gasteiger partial charge in [-0.05, 0) is 38.7 Å². The molecule has 0 aliphatic carbocycles. The van der Waals surface area contributed by atoms with E-state index in [1.807, 2.05) is 49.2 Å². The number of nitrogens with zero attached hydrogens (tertiary/aromatic N) is 3. The average molecular weight is 383 g/mol. The van der Waals surface area contributed by atoms with Gasteiger partial charge in [0.15, 0.2) is 5.72 Å². The van der Waals surface area contributed by atoms with Gasteiger partial charge in [0.05, 0.1) is 5.92 Å². The molecule has 1 aromatic carbocycles. The van der Waals surface area contributed by atoms with Gasteiger partial charge in [-0.1, -0.05) is 30.3 Å². The minimum absolute atomic E-state index is 0.00392. The molecule has 0 radical (unpaired) electrons. The van der Waals surface area contributed by atoms with E-state index in [1.54, 1.807) is 4.90 Å². The lowest BCUT2D eigenvalue weighted by molar-refractivity contribution is -0.173. The minimum atomic E-state index is -0.843. The first-order chi connectivity index (χ1) is 13.3. The summed E-state index contributed by atoms with van der Waals surface area (Å²) in [6, 6.07) is 9.86. The van der Waals surface area contributed by atoms with E-state index < -0.39 is 23.3 Å². The molecule has 28 heavy (non-hydrogen) atoms. The highest BCUT2D eigenvalue weighted by atomic mass is 16.6. The summed E-state index contributed by atoms with van der Waals surface area (Å²) in [5.74, 6) is -0.890. The molecule has 7 nitrogen and oxygen atoms in total. The fourth-order valence-electron chi connectivity index (χ4n) is 5.36. The van der Waals surface area contributed by atoms with Gasteiger partial charge in [0, 0.05) is 25.0 Å². The van der Waals surface area contributed by atoms with Crippen LogP contribution in [-0.2, 0) is 25.7 Å². The van der Waals surface area contributed by atoms with Gasteiger partial charge in [-0.3, -0.25) is 14.4 Å². The molecule has 1 spiro atoms. The Kier molecular flexibility index (Phi) is 3.74. The lowest BCUT2D eigenvalue weighted by Gasteiger charge is -2.40. The van der Waals surface area contributed by atoms with Crippen LogP contribution < -0.4 is 0 Å². The zero-order chi connectivity index (χ0) is 19.7. The number of imide groups is 1. The zero-order valence-electron chi connectivity index (χ0n) is 16.3. The second kappa shape index (κ2) is 5.87. The highest BCUT2D eigenvalue weighted by Gasteiger charge is 2.68. The van der Waals surface area contributed by atoms with E-state index >= 15 is 0 Å². The van der Waals surface area contributed by atoms with Crippen LogP contribution in [0.4, 0.5) is 0 Å². The van der Waals surface area contributed by atoms with E-state index in [0.29, 0.717) is 25.9 Å². The average Bonchev–Trinajstić information content (AvgIpc) is 3.36. The summed E-state index contributed by atoms with van der Waals surface area (Å²) >= 11 is 0. The predicted octanol–water partition coefficient (Wildman–Crippen LogP) is 1.68. The van der Waals surface area contributed by atoms with Crippen LogP contribution in [0.3, 0.4) is 0 Å². The van der Waals surface area contributed by atoms with Crippen molar-refractivity contribution in [2.24, 2.45) is 5.92 Å². The van der Waals surface area contributed by atoms with E-state index in [9.17, 15) is 14.4 Å². The van der Waals surface area contributed by atoms with Crippen LogP contribution >= 0.6 is 0 Å². The first kappa shape index (κ1) is 17.8. The van der Waals surface area contributed by atoms with Crippen molar-refractivity contribution in [3.63, 3.8) is 0 Å². The molecule has 4 fully saturated rings. The van der Waals surface area contributed by atoms with Crippen molar-refractivity contribution < 1.29 is 19.1 Å². The molecule has 1 aromatic rings. The predicted molar refractivity (Wildman–Crippen MR) is 99.2 cm³/mol. The molecule has 4 aliphatic rings. The van der Waals surface area contributed by atoms with Crippen LogP contribution in [0.25, 0.3) is 0 Å². The smallest absolute Gasteiger partial charge is 0.254 e. The minimum Gasteiger partial charge on any atom is -0.342 e. The van der Waals surface area contributed by atoms with Gasteiger partial charge < -0.3 is 9.64 Å². The third-order valence-corrected chi connectivity index (χ3v) is 6.70. The molecule has 0 N–H and O–H groups in total. The van der Waals surface area contributed by atoms with Gasteiger partial charge in [-0.15, -0.1) is 0 Å². The van der Waals surface area contributed by atoms with Crippen LogP contribution in [-0.4, -0.2) is 56.6 Å². The first-order valence-electron chi connectivity index (χ1n) is 10.0. The number of carbonyl (C=O) groups excluding carboxylic acids is 3. The van der Waals surface area contributed by atoms with Crippen LogP contribution in [0.15, 0.2) is 30.3 Å². The Morgan fingerprint density at radius 2 is 1.96 bits per heavy atom. The molecule has 0 unspecified atom stereocenters. The number of hydrazine groups is 1. The van der Waals surface area contributed by atoms with Gasteiger partial charge in [-0.25, -0.2) is 10.0 Å². The largest absolute Gasteiger partial charge is 0.342 e. The molecule has 0 aromatic heterocycles. The highest BCUT2D eigenvalue weighted by molar-refractivity contribution is 6.00. The number of carbonyl (C=O) groups is 3. The highest BCUT2D eigenvalue weighted by Crippen LogP contribution is 2.53. The van der Waals surface area contributed by atoms with Gasteiger partial charge in [-0.2, -0.15) is 0 Å². The van der Waals surface area contributed by atoms with Gasteiger partial charge in [0.2, 0.25) is 5.91 Å². The van der Waals surface area contributed by atoms with Crippen LogP contribution in [0, 0.1) is 5.92 Å². The maximum Gasteiger partial charge on any atom is 0.254 e. The number of hydrogen-bond acceptors (Lipinski definition) is 5. The van der Waals surface area contributed by atoms with E-state index in [0.717, 1.165) is 12.0 Å². The van der Waals surface area contributed by atoms with Crippen molar-refractivity contribution in [3.8, 4) is 0 Å². The molecular weight excluding hydrogens is 358 g/mol. The fraction of sp³-hybridized carbons (Fsp3) is 0.571. The topological polar surface area (TPSA) is 70.2 Å². The third kappa shape index (κ3) is 2.32. The maximum absolute atomic E-state index is 13.6. The van der Waals surface area contributed by atoms with E-state index in [1.165, 1.54) is 5.01 Å². The number of piperidine rings is 1. The van der Waals surface area contributed by atoms with Crippen molar-refractivity contribution in [1.29, 1.82) is 0 Å². The van der Waals surface area contributed by atoms with E-state index in [2.05, 4.69) is 0 Å². The number of fused-ring (bicyclic) bond motifs is 1. The van der Waals surface area contributed by atoms with Crippen molar-refractivity contribution >= 4 is 17.7 Å². The quantitative estimate of drug-likeness (QED) is 0.743. The second-order valence-electron chi connectivity index (χ2n) is 8.91. The summed E-state index contributed by atoms with van der Waals surface area (Å²) in [7, 11) is 0. The third-order valence-electron chi connectivity index (χ3n) is 6.70. The number of amides is 3. The summed E-state index contributed by atoms with van der Waals surface area (Å²) < 4.78 is 6.03. The van der Waals surface area contributed by atoms with Crippen molar-refractivity contribution in [3.05, 3.63) is 35.9 Å². The Balaban J connectivity index is 1.46. The molecule has 5 rings (SSSR count). The molecule has 4 heterocycles. The molecule has 4 saturated heterocycles. The lowest BCUT2D eigenvalue weighted by Crippen LogP contribution is -2.58. The molecule has 4 aliphatic heterocycles. The Morgan fingerprint density at radius 3 is 2.71 bits per heavy atom. The Bertz CT molecular complexity index is 854. The Morgan fingerprint density at radius 1 is 1.21 bits per heavy atom. The summed E-state index contributed by atoms with van der Waals surface area (Å²) in [5, 5.41) is 3.23. The van der Waals surface area contributed by atoms with Crippen LogP contribution in [0.1, 0.15) is 45.1 Å². The lowest BCUT2D eigenvalue weighted by atomic mass is 9.87. The summed E-state index contributed by atoms with van der Waals surface area (Å²) in [5.41, 5.74) is -0.253. The fourth-order valence-corrected chi connectivity index (χ4v) is 5.36. The Labute approximate surface area is 164 Å². The van der Waals surface area contributed by atoms with Gasteiger partial charge in [0.25, 0.3) is 11.8 Å². The number of rotatable bonds is 3. The number of ether oxygens (including phenoxy) is 1. The van der Waals surface area contributed by atoms with Crippen molar-refractivity contribution in [2.75, 3.05) is 6.54 Å². The summed E-state index contributed by atoms with van der Waals surface area (Å²) in [6.07, 6.45) is 1.61. The monoisotopic (exact) mass is 383 g/mol. The van der Waals surface area contributed by atoms with Crippen molar-refractivity contribution in [2.45, 2.75) is 63.4 Å². The summed E-state index contributed by atoms with van der Waals surface area (Å²) in [6.45, 7) is 5.09. The zero-order valence-corrected chi connectivity index (χ0v) is 16.3. The maximum atomic E-state index is 13.6. The molecule has 148 valence electrons. The molecule has 3 amide bonds. The van der Waals surface area contributed by atoms with E-state index in [-0.39, 0.29) is 24.1 Å². The number of hydrogen-bond donors (Lipinski definition) is 0. The first-order valence-corrected chi connectivity index (χ1v) is 10.0. The molecular formula is C21H25N3O4. The molecule has 0 saturated carbocycles. The molecule has 2 bridgehead atoms. The normalized spacial score (nSPS) is 33.8. The SMILES string of the molecule is CC1(C)CC(=O)N(C(=O)[C@@H]2C[C@@H]3O[C@]24CCCN4C3=O)N1Cc1ccccc1.